The highest BCUT2D eigenvalue weighted by Crippen LogP contribution is 2.23. The molecule has 0 aliphatic rings. The standard InChI is InChI=1S/C13H13ClN4S/c1-2-18-11-5-8(14)3-4-10(11)17-12(18)6-9-7-19-13(15)16-9/h3-5,7H,2,6H2,1H3,(H2,15,16). The number of aryl methyl sites for hydroxylation is 1. The second-order valence-electron chi connectivity index (χ2n) is 4.26. The van der Waals surface area contributed by atoms with Crippen LogP contribution in [0.25, 0.3) is 11.0 Å². The summed E-state index contributed by atoms with van der Waals surface area (Å²) >= 11 is 7.51. The molecule has 0 saturated carbocycles. The Morgan fingerprint density at radius 2 is 2.21 bits per heavy atom. The van der Waals surface area contributed by atoms with E-state index in [9.17, 15) is 0 Å². The summed E-state index contributed by atoms with van der Waals surface area (Å²) in [7, 11) is 0. The van der Waals surface area contributed by atoms with Crippen molar-refractivity contribution in [1.82, 2.24) is 14.5 Å². The number of fused-ring (bicyclic) bond motifs is 1. The van der Waals surface area contributed by atoms with E-state index in [2.05, 4.69) is 21.5 Å². The van der Waals surface area contributed by atoms with E-state index in [1.165, 1.54) is 11.3 Å². The lowest BCUT2D eigenvalue weighted by molar-refractivity contribution is 0.730. The topological polar surface area (TPSA) is 56.7 Å². The monoisotopic (exact) mass is 292 g/mol. The Kier molecular flexibility index (Phi) is 3.16. The van der Waals surface area contributed by atoms with Gasteiger partial charge in [0.2, 0.25) is 0 Å². The van der Waals surface area contributed by atoms with Crippen molar-refractivity contribution in [1.29, 1.82) is 0 Å². The van der Waals surface area contributed by atoms with Crippen LogP contribution in [0.1, 0.15) is 18.4 Å². The van der Waals surface area contributed by atoms with Gasteiger partial charge in [-0.2, -0.15) is 0 Å². The van der Waals surface area contributed by atoms with Crippen LogP contribution in [0.4, 0.5) is 5.13 Å². The van der Waals surface area contributed by atoms with Crippen molar-refractivity contribution >= 4 is 39.1 Å². The van der Waals surface area contributed by atoms with E-state index < -0.39 is 0 Å². The second kappa shape index (κ2) is 4.83. The summed E-state index contributed by atoms with van der Waals surface area (Å²) in [5, 5.41) is 3.30. The average Bonchev–Trinajstić information content (AvgIpc) is 2.93. The van der Waals surface area contributed by atoms with Crippen LogP contribution < -0.4 is 5.73 Å². The van der Waals surface area contributed by atoms with Gasteiger partial charge < -0.3 is 10.3 Å². The van der Waals surface area contributed by atoms with Gasteiger partial charge in [-0.3, -0.25) is 0 Å². The van der Waals surface area contributed by atoms with Gasteiger partial charge in [0.25, 0.3) is 0 Å². The van der Waals surface area contributed by atoms with Crippen molar-refractivity contribution in [3.05, 3.63) is 40.1 Å². The van der Waals surface area contributed by atoms with Crippen LogP contribution in [0.2, 0.25) is 5.02 Å². The summed E-state index contributed by atoms with van der Waals surface area (Å²) in [5.74, 6) is 0.991. The molecule has 2 N–H and O–H groups in total. The first kappa shape index (κ1) is 12.4. The molecule has 0 fully saturated rings. The third-order valence-electron chi connectivity index (χ3n) is 3.01. The minimum atomic E-state index is 0.595. The van der Waals surface area contributed by atoms with Crippen LogP contribution >= 0.6 is 22.9 Å². The molecule has 0 aliphatic carbocycles. The smallest absolute Gasteiger partial charge is 0.180 e. The number of aromatic nitrogens is 3. The SMILES string of the molecule is CCn1c(Cc2csc(N)n2)nc2ccc(Cl)cc21. The highest BCUT2D eigenvalue weighted by atomic mass is 35.5. The van der Waals surface area contributed by atoms with Crippen LogP contribution in [0.15, 0.2) is 23.6 Å². The molecule has 0 radical (unpaired) electrons. The maximum atomic E-state index is 6.05. The van der Waals surface area contributed by atoms with Crippen molar-refractivity contribution in [3.8, 4) is 0 Å². The molecule has 0 amide bonds. The Bertz CT molecular complexity index is 731. The number of hydrogen-bond acceptors (Lipinski definition) is 4. The molecule has 98 valence electrons. The summed E-state index contributed by atoms with van der Waals surface area (Å²) in [6.45, 7) is 2.95. The minimum Gasteiger partial charge on any atom is -0.375 e. The number of hydrogen-bond donors (Lipinski definition) is 1. The maximum Gasteiger partial charge on any atom is 0.180 e. The molecule has 0 bridgehead atoms. The van der Waals surface area contributed by atoms with Gasteiger partial charge in [0, 0.05) is 23.4 Å². The molecular weight excluding hydrogens is 280 g/mol. The van der Waals surface area contributed by atoms with Crippen molar-refractivity contribution in [2.75, 3.05) is 5.73 Å². The molecule has 1 aromatic carbocycles. The highest BCUT2D eigenvalue weighted by Gasteiger charge is 2.11. The number of anilines is 1. The zero-order chi connectivity index (χ0) is 13.4. The number of nitrogens with zero attached hydrogens (tertiary/aromatic N) is 3. The van der Waals surface area contributed by atoms with E-state index in [1.54, 1.807) is 0 Å². The van der Waals surface area contributed by atoms with Gasteiger partial charge in [-0.25, -0.2) is 9.97 Å². The first-order valence-electron chi connectivity index (χ1n) is 6.02. The molecule has 3 aromatic rings. The lowest BCUT2D eigenvalue weighted by atomic mass is 10.3. The zero-order valence-electron chi connectivity index (χ0n) is 10.4. The molecule has 2 heterocycles. The van der Waals surface area contributed by atoms with Crippen molar-refractivity contribution in [2.45, 2.75) is 19.9 Å². The van der Waals surface area contributed by atoms with Crippen molar-refractivity contribution < 1.29 is 0 Å². The Morgan fingerprint density at radius 3 is 2.89 bits per heavy atom. The van der Waals surface area contributed by atoms with Gasteiger partial charge in [-0.05, 0) is 25.1 Å². The molecule has 0 atom stereocenters. The predicted octanol–water partition coefficient (Wildman–Crippen LogP) is 3.34. The first-order chi connectivity index (χ1) is 9.17. The normalized spacial score (nSPS) is 11.3. The van der Waals surface area contributed by atoms with Crippen LogP contribution in [0, 0.1) is 0 Å². The molecule has 4 nitrogen and oxygen atoms in total. The van der Waals surface area contributed by atoms with Gasteiger partial charge in [-0.15, -0.1) is 11.3 Å². The Labute approximate surface area is 119 Å². The van der Waals surface area contributed by atoms with Gasteiger partial charge in [0.1, 0.15) is 5.82 Å². The number of rotatable bonds is 3. The van der Waals surface area contributed by atoms with E-state index in [1.807, 2.05) is 23.6 Å². The summed E-state index contributed by atoms with van der Waals surface area (Å²) in [6.07, 6.45) is 0.688. The predicted molar refractivity (Wildman–Crippen MR) is 79.7 cm³/mol. The minimum absolute atomic E-state index is 0.595. The molecule has 6 heteroatoms. The third kappa shape index (κ3) is 2.31. The summed E-state index contributed by atoms with van der Waals surface area (Å²) in [6, 6.07) is 5.76. The van der Waals surface area contributed by atoms with Crippen LogP contribution in [0.5, 0.6) is 0 Å². The highest BCUT2D eigenvalue weighted by molar-refractivity contribution is 7.13. The van der Waals surface area contributed by atoms with Crippen LogP contribution in [-0.2, 0) is 13.0 Å². The largest absolute Gasteiger partial charge is 0.375 e. The maximum absolute atomic E-state index is 6.05. The van der Waals surface area contributed by atoms with Gasteiger partial charge >= 0.3 is 0 Å². The molecule has 3 rings (SSSR count). The fraction of sp³-hybridized carbons (Fsp3) is 0.231. The lowest BCUT2D eigenvalue weighted by Gasteiger charge is -2.04. The Balaban J connectivity index is 2.07. The van der Waals surface area contributed by atoms with E-state index in [0.717, 1.165) is 34.1 Å². The molecule has 0 unspecified atom stereocenters. The summed E-state index contributed by atoms with van der Waals surface area (Å²) in [4.78, 5) is 8.94. The fourth-order valence-electron chi connectivity index (χ4n) is 2.20. The first-order valence-corrected chi connectivity index (χ1v) is 7.27. The van der Waals surface area contributed by atoms with Gasteiger partial charge in [-0.1, -0.05) is 11.6 Å². The Morgan fingerprint density at radius 1 is 1.37 bits per heavy atom. The number of halogens is 1. The van der Waals surface area contributed by atoms with E-state index in [4.69, 9.17) is 17.3 Å². The van der Waals surface area contributed by atoms with Crippen LogP contribution in [0.3, 0.4) is 0 Å². The molecule has 0 spiro atoms. The number of imidazole rings is 1. The summed E-state index contributed by atoms with van der Waals surface area (Å²) < 4.78 is 2.16. The average molecular weight is 293 g/mol. The van der Waals surface area contributed by atoms with E-state index >= 15 is 0 Å². The van der Waals surface area contributed by atoms with Gasteiger partial charge in [0.05, 0.1) is 16.7 Å². The van der Waals surface area contributed by atoms with Gasteiger partial charge in [0.15, 0.2) is 5.13 Å². The molecule has 19 heavy (non-hydrogen) atoms. The van der Waals surface area contributed by atoms with E-state index in [-0.39, 0.29) is 0 Å². The molecule has 0 saturated heterocycles. The Hall–Kier alpha value is -1.59. The molecule has 0 aliphatic heterocycles. The quantitative estimate of drug-likeness (QED) is 0.805. The zero-order valence-corrected chi connectivity index (χ0v) is 12.0. The number of nitrogen functional groups attached to an aromatic ring is 1. The summed E-state index contributed by atoms with van der Waals surface area (Å²) in [5.41, 5.74) is 8.64. The second-order valence-corrected chi connectivity index (χ2v) is 5.59. The van der Waals surface area contributed by atoms with Crippen LogP contribution in [-0.4, -0.2) is 14.5 Å². The van der Waals surface area contributed by atoms with Crippen molar-refractivity contribution in [3.63, 3.8) is 0 Å². The third-order valence-corrected chi connectivity index (χ3v) is 3.97. The van der Waals surface area contributed by atoms with Crippen molar-refractivity contribution in [2.24, 2.45) is 0 Å². The van der Waals surface area contributed by atoms with E-state index in [0.29, 0.717) is 11.6 Å². The number of nitrogens with two attached hydrogens (primary N) is 1. The lowest BCUT2D eigenvalue weighted by Crippen LogP contribution is -2.03. The molecule has 2 aromatic heterocycles. The fourth-order valence-corrected chi connectivity index (χ4v) is 2.93. The molecular formula is C13H13ClN4S. The number of benzene rings is 1. The number of thiazole rings is 1.